The van der Waals surface area contributed by atoms with Gasteiger partial charge in [-0.2, -0.15) is 0 Å². The summed E-state index contributed by atoms with van der Waals surface area (Å²) in [4.78, 5) is 0. The standard InChI is InChI=1S/C8H10INO2/c9-7-3-5(12)1-2-6(7)8(10)4-11/h1-3,8,11-12H,4,10H2/t8-/m0/s1. The summed E-state index contributed by atoms with van der Waals surface area (Å²) in [6, 6.07) is 4.54. The van der Waals surface area contributed by atoms with Crippen molar-refractivity contribution in [2.75, 3.05) is 6.61 Å². The van der Waals surface area contributed by atoms with Gasteiger partial charge in [0, 0.05) is 3.57 Å². The predicted molar refractivity (Wildman–Crippen MR) is 54.8 cm³/mol. The van der Waals surface area contributed by atoms with Crippen molar-refractivity contribution < 1.29 is 10.2 Å². The Kier molecular flexibility index (Phi) is 3.30. The van der Waals surface area contributed by atoms with Gasteiger partial charge in [0.1, 0.15) is 5.75 Å². The van der Waals surface area contributed by atoms with E-state index in [-0.39, 0.29) is 18.4 Å². The first-order valence-electron chi connectivity index (χ1n) is 3.50. The van der Waals surface area contributed by atoms with Crippen LogP contribution in [-0.4, -0.2) is 16.8 Å². The minimum absolute atomic E-state index is 0.0826. The molecule has 1 aromatic carbocycles. The summed E-state index contributed by atoms with van der Waals surface area (Å²) in [5, 5.41) is 17.9. The molecule has 66 valence electrons. The van der Waals surface area contributed by atoms with Gasteiger partial charge in [0.05, 0.1) is 12.6 Å². The van der Waals surface area contributed by atoms with Gasteiger partial charge in [-0.3, -0.25) is 0 Å². The largest absolute Gasteiger partial charge is 0.508 e. The Hall–Kier alpha value is -0.330. The second kappa shape index (κ2) is 4.06. The summed E-state index contributed by atoms with van der Waals surface area (Å²) in [6.07, 6.45) is 0. The van der Waals surface area contributed by atoms with E-state index < -0.39 is 0 Å². The monoisotopic (exact) mass is 279 g/mol. The number of phenols is 1. The van der Waals surface area contributed by atoms with Gasteiger partial charge in [-0.05, 0) is 40.3 Å². The van der Waals surface area contributed by atoms with E-state index in [1.165, 1.54) is 0 Å². The smallest absolute Gasteiger partial charge is 0.116 e. The first-order chi connectivity index (χ1) is 5.65. The third-order valence-corrected chi connectivity index (χ3v) is 2.51. The fraction of sp³-hybridized carbons (Fsp3) is 0.250. The summed E-state index contributed by atoms with van der Waals surface area (Å²) in [7, 11) is 0. The van der Waals surface area contributed by atoms with Crippen molar-refractivity contribution >= 4 is 22.6 Å². The number of halogens is 1. The van der Waals surface area contributed by atoms with E-state index >= 15 is 0 Å². The van der Waals surface area contributed by atoms with Crippen molar-refractivity contribution in [3.05, 3.63) is 27.3 Å². The van der Waals surface area contributed by atoms with E-state index in [1.807, 2.05) is 0 Å². The Bertz CT molecular complexity index is 278. The molecule has 1 atom stereocenters. The molecule has 4 heteroatoms. The number of rotatable bonds is 2. The van der Waals surface area contributed by atoms with Crippen LogP contribution in [0.25, 0.3) is 0 Å². The summed E-state index contributed by atoms with van der Waals surface area (Å²) in [5.74, 6) is 0.216. The number of phenolic OH excluding ortho intramolecular Hbond substituents is 1. The van der Waals surface area contributed by atoms with Crippen molar-refractivity contribution in [1.29, 1.82) is 0 Å². The second-order valence-electron chi connectivity index (χ2n) is 2.49. The lowest BCUT2D eigenvalue weighted by molar-refractivity contribution is 0.267. The van der Waals surface area contributed by atoms with Crippen LogP contribution in [-0.2, 0) is 0 Å². The molecule has 12 heavy (non-hydrogen) atoms. The highest BCUT2D eigenvalue weighted by atomic mass is 127. The highest BCUT2D eigenvalue weighted by Crippen LogP contribution is 2.22. The van der Waals surface area contributed by atoms with Crippen molar-refractivity contribution in [2.24, 2.45) is 5.73 Å². The molecule has 4 N–H and O–H groups in total. The van der Waals surface area contributed by atoms with Gasteiger partial charge in [-0.25, -0.2) is 0 Å². The van der Waals surface area contributed by atoms with Crippen LogP contribution in [0.15, 0.2) is 18.2 Å². The second-order valence-corrected chi connectivity index (χ2v) is 3.66. The molecule has 1 rings (SSSR count). The summed E-state index contributed by atoms with van der Waals surface area (Å²) in [5.41, 5.74) is 6.47. The van der Waals surface area contributed by atoms with Gasteiger partial charge < -0.3 is 15.9 Å². The molecule has 0 fully saturated rings. The summed E-state index contributed by atoms with van der Waals surface area (Å²) >= 11 is 2.07. The Balaban J connectivity index is 3.01. The lowest BCUT2D eigenvalue weighted by Crippen LogP contribution is -2.15. The molecule has 0 spiro atoms. The van der Waals surface area contributed by atoms with E-state index in [2.05, 4.69) is 22.6 Å². The number of aromatic hydroxyl groups is 1. The molecule has 1 aromatic rings. The maximum atomic E-state index is 9.08. The number of nitrogens with two attached hydrogens (primary N) is 1. The van der Waals surface area contributed by atoms with Crippen LogP contribution in [0.1, 0.15) is 11.6 Å². The summed E-state index contributed by atoms with van der Waals surface area (Å²) in [6.45, 7) is -0.0826. The summed E-state index contributed by atoms with van der Waals surface area (Å²) < 4.78 is 0.870. The van der Waals surface area contributed by atoms with Crippen molar-refractivity contribution in [1.82, 2.24) is 0 Å². The van der Waals surface area contributed by atoms with Gasteiger partial charge in [-0.1, -0.05) is 6.07 Å². The Morgan fingerprint density at radius 3 is 2.67 bits per heavy atom. The van der Waals surface area contributed by atoms with Crippen LogP contribution in [0, 0.1) is 3.57 Å². The van der Waals surface area contributed by atoms with E-state index in [0.717, 1.165) is 9.13 Å². The first-order valence-corrected chi connectivity index (χ1v) is 4.58. The minimum atomic E-state index is -0.363. The highest BCUT2D eigenvalue weighted by molar-refractivity contribution is 14.1. The molecule has 0 aromatic heterocycles. The number of hydrogen-bond acceptors (Lipinski definition) is 3. The molecule has 0 aliphatic heterocycles. The van der Waals surface area contributed by atoms with E-state index in [0.29, 0.717) is 0 Å². The van der Waals surface area contributed by atoms with Gasteiger partial charge in [-0.15, -0.1) is 0 Å². The zero-order valence-electron chi connectivity index (χ0n) is 6.37. The third kappa shape index (κ3) is 2.09. The number of benzene rings is 1. The molecule has 3 nitrogen and oxygen atoms in total. The molecule has 0 bridgehead atoms. The molecule has 0 saturated heterocycles. The fourth-order valence-corrected chi connectivity index (χ4v) is 1.81. The zero-order valence-corrected chi connectivity index (χ0v) is 8.52. The van der Waals surface area contributed by atoms with Gasteiger partial charge in [0.15, 0.2) is 0 Å². The van der Waals surface area contributed by atoms with Gasteiger partial charge >= 0.3 is 0 Å². The Morgan fingerprint density at radius 1 is 1.50 bits per heavy atom. The Labute approximate surface area is 84.4 Å². The molecular weight excluding hydrogens is 269 g/mol. The number of hydrogen-bond donors (Lipinski definition) is 3. The van der Waals surface area contributed by atoms with Crippen molar-refractivity contribution in [2.45, 2.75) is 6.04 Å². The maximum absolute atomic E-state index is 9.08. The van der Waals surface area contributed by atoms with E-state index in [1.54, 1.807) is 18.2 Å². The van der Waals surface area contributed by atoms with Crippen LogP contribution in [0.4, 0.5) is 0 Å². The quantitative estimate of drug-likeness (QED) is 0.707. The molecule has 0 aliphatic rings. The highest BCUT2D eigenvalue weighted by Gasteiger charge is 2.08. The minimum Gasteiger partial charge on any atom is -0.508 e. The zero-order chi connectivity index (χ0) is 9.14. The molecule has 0 radical (unpaired) electrons. The van der Waals surface area contributed by atoms with Gasteiger partial charge in [0.25, 0.3) is 0 Å². The molecule has 0 heterocycles. The van der Waals surface area contributed by atoms with E-state index in [4.69, 9.17) is 15.9 Å². The van der Waals surface area contributed by atoms with Crippen LogP contribution in [0.2, 0.25) is 0 Å². The van der Waals surface area contributed by atoms with Crippen LogP contribution in [0.5, 0.6) is 5.75 Å². The van der Waals surface area contributed by atoms with Crippen LogP contribution >= 0.6 is 22.6 Å². The maximum Gasteiger partial charge on any atom is 0.116 e. The molecule has 0 saturated carbocycles. The third-order valence-electron chi connectivity index (χ3n) is 1.58. The normalized spacial score (nSPS) is 12.9. The number of aliphatic hydroxyl groups is 1. The average Bonchev–Trinajstić information content (AvgIpc) is 2.03. The van der Waals surface area contributed by atoms with Crippen molar-refractivity contribution in [3.63, 3.8) is 0 Å². The Morgan fingerprint density at radius 2 is 2.17 bits per heavy atom. The van der Waals surface area contributed by atoms with Gasteiger partial charge in [0.2, 0.25) is 0 Å². The average molecular weight is 279 g/mol. The lowest BCUT2D eigenvalue weighted by Gasteiger charge is -2.10. The van der Waals surface area contributed by atoms with Crippen LogP contribution < -0.4 is 5.73 Å². The first kappa shape index (κ1) is 9.76. The number of aliphatic hydroxyl groups excluding tert-OH is 1. The van der Waals surface area contributed by atoms with E-state index in [9.17, 15) is 0 Å². The molecule has 0 aliphatic carbocycles. The molecule has 0 amide bonds. The molecule has 0 unspecified atom stereocenters. The van der Waals surface area contributed by atoms with Crippen LogP contribution in [0.3, 0.4) is 0 Å². The lowest BCUT2D eigenvalue weighted by atomic mass is 10.1. The van der Waals surface area contributed by atoms with Crippen molar-refractivity contribution in [3.8, 4) is 5.75 Å². The molecular formula is C8H10INO2. The SMILES string of the molecule is N[C@@H](CO)c1ccc(O)cc1I. The topological polar surface area (TPSA) is 66.5 Å². The fourth-order valence-electron chi connectivity index (χ4n) is 0.915. The predicted octanol–water partition coefficient (Wildman–Crippen LogP) is 0.989.